The normalized spacial score (nSPS) is 17.2. The van der Waals surface area contributed by atoms with Crippen LogP contribution in [0.15, 0.2) is 48.5 Å². The summed E-state index contributed by atoms with van der Waals surface area (Å²) in [6, 6.07) is 12.5. The monoisotopic (exact) mass is 530 g/mol. The van der Waals surface area contributed by atoms with Crippen LogP contribution in [-0.4, -0.2) is 30.3 Å². The number of unbranched alkanes of at least 4 members (excludes halogenated alkanes) is 1. The predicted molar refractivity (Wildman–Crippen MR) is 138 cm³/mol. The van der Waals surface area contributed by atoms with Gasteiger partial charge in [0.25, 0.3) is 0 Å². The molecule has 3 aromatic carbocycles. The Morgan fingerprint density at radius 2 is 1.95 bits per heavy atom. The Labute approximate surface area is 219 Å². The van der Waals surface area contributed by atoms with Crippen molar-refractivity contribution in [1.29, 1.82) is 0 Å². The van der Waals surface area contributed by atoms with Gasteiger partial charge in [-0.25, -0.2) is 8.78 Å². The van der Waals surface area contributed by atoms with Crippen LogP contribution in [-0.2, 0) is 12.0 Å². The van der Waals surface area contributed by atoms with Crippen molar-refractivity contribution >= 4 is 17.5 Å². The number of hydrogen-bond acceptors (Lipinski definition) is 5. The highest BCUT2D eigenvalue weighted by Crippen LogP contribution is 2.51. The SMILES string of the molecule is CCCCC(N)C1(c2ccccc2)Cc2c(cc(F)c(Cl)c2-c2c(C(N)=O)ccc(OCCO)c2F)O1. The van der Waals surface area contributed by atoms with Gasteiger partial charge in [-0.2, -0.15) is 0 Å². The lowest BCUT2D eigenvalue weighted by atomic mass is 9.79. The molecule has 0 saturated carbocycles. The minimum absolute atomic E-state index is 0.0436. The molecule has 0 aliphatic carbocycles. The Bertz CT molecular complexity index is 1310. The standard InChI is InChI=1S/C28H29ClF2N2O4/c1-2-3-9-22(32)28(16-7-5-4-6-8-16)15-18-21(37-28)14-19(30)25(29)23(18)24-17(27(33)35)10-11-20(26(24)31)36-13-12-34/h4-8,10-11,14,22,34H,2-3,9,12-13,15,32H2,1H3,(H2,33,35). The molecule has 0 bridgehead atoms. The average molecular weight is 531 g/mol. The molecule has 3 aromatic rings. The zero-order valence-corrected chi connectivity index (χ0v) is 21.2. The fourth-order valence-corrected chi connectivity index (χ4v) is 5.16. The largest absolute Gasteiger partial charge is 0.488 e. The zero-order valence-electron chi connectivity index (χ0n) is 20.4. The van der Waals surface area contributed by atoms with Crippen molar-refractivity contribution in [2.45, 2.75) is 44.2 Å². The third kappa shape index (κ3) is 4.89. The molecule has 1 aliphatic heterocycles. The van der Waals surface area contributed by atoms with E-state index in [2.05, 4.69) is 6.92 Å². The van der Waals surface area contributed by atoms with E-state index in [0.29, 0.717) is 12.0 Å². The van der Waals surface area contributed by atoms with Gasteiger partial charge in [0.1, 0.15) is 18.2 Å². The van der Waals surface area contributed by atoms with Crippen molar-refractivity contribution in [3.8, 4) is 22.6 Å². The summed E-state index contributed by atoms with van der Waals surface area (Å²) >= 11 is 6.46. The van der Waals surface area contributed by atoms with Crippen LogP contribution in [0.1, 0.15) is 47.7 Å². The number of ether oxygens (including phenoxy) is 2. The van der Waals surface area contributed by atoms with Gasteiger partial charge in [-0.05, 0) is 24.1 Å². The van der Waals surface area contributed by atoms with Crippen LogP contribution in [0.3, 0.4) is 0 Å². The maximum absolute atomic E-state index is 15.9. The second-order valence-corrected chi connectivity index (χ2v) is 9.42. The number of carbonyl (C=O) groups is 1. The number of fused-ring (bicyclic) bond motifs is 1. The third-order valence-electron chi connectivity index (χ3n) is 6.72. The molecule has 1 aliphatic rings. The fraction of sp³-hybridized carbons (Fsp3) is 0.321. The van der Waals surface area contributed by atoms with E-state index in [4.69, 9.17) is 37.6 Å². The van der Waals surface area contributed by atoms with Crippen molar-refractivity contribution in [3.63, 3.8) is 0 Å². The third-order valence-corrected chi connectivity index (χ3v) is 7.09. The zero-order chi connectivity index (χ0) is 26.7. The van der Waals surface area contributed by atoms with Crippen molar-refractivity contribution < 1.29 is 28.2 Å². The van der Waals surface area contributed by atoms with E-state index in [1.54, 1.807) is 0 Å². The molecule has 6 nitrogen and oxygen atoms in total. The molecule has 0 spiro atoms. The van der Waals surface area contributed by atoms with Crippen molar-refractivity contribution in [1.82, 2.24) is 0 Å². The molecule has 2 unspecified atom stereocenters. The van der Waals surface area contributed by atoms with Gasteiger partial charge in [0.2, 0.25) is 5.91 Å². The molecule has 9 heteroatoms. The predicted octanol–water partition coefficient (Wildman–Crippen LogP) is 5.10. The summed E-state index contributed by atoms with van der Waals surface area (Å²) in [6.45, 7) is 1.51. The van der Waals surface area contributed by atoms with Crippen molar-refractivity contribution in [2.75, 3.05) is 13.2 Å². The number of hydrogen-bond donors (Lipinski definition) is 3. The second-order valence-electron chi connectivity index (χ2n) is 9.04. The molecular weight excluding hydrogens is 502 g/mol. The Morgan fingerprint density at radius 1 is 1.22 bits per heavy atom. The average Bonchev–Trinajstić information content (AvgIpc) is 3.28. The molecule has 37 heavy (non-hydrogen) atoms. The lowest BCUT2D eigenvalue weighted by molar-refractivity contribution is 0.0576. The number of aliphatic hydroxyl groups is 1. The molecule has 196 valence electrons. The number of benzene rings is 3. The van der Waals surface area contributed by atoms with Crippen molar-refractivity contribution in [3.05, 3.63) is 81.9 Å². The van der Waals surface area contributed by atoms with Crippen LogP contribution >= 0.6 is 11.6 Å². The Kier molecular flexibility index (Phi) is 8.02. The van der Waals surface area contributed by atoms with Crippen LogP contribution < -0.4 is 20.9 Å². The van der Waals surface area contributed by atoms with Crippen LogP contribution in [0.25, 0.3) is 11.1 Å². The Balaban J connectivity index is 1.96. The van der Waals surface area contributed by atoms with Gasteiger partial charge in [-0.1, -0.05) is 61.7 Å². The van der Waals surface area contributed by atoms with E-state index in [-0.39, 0.29) is 52.8 Å². The lowest BCUT2D eigenvalue weighted by Gasteiger charge is -2.35. The highest BCUT2D eigenvalue weighted by molar-refractivity contribution is 6.34. The number of nitrogens with two attached hydrogens (primary N) is 2. The van der Waals surface area contributed by atoms with E-state index in [1.807, 2.05) is 30.3 Å². The number of carbonyl (C=O) groups excluding carboxylic acids is 1. The Hall–Kier alpha value is -3.20. The molecule has 5 N–H and O–H groups in total. The summed E-state index contributed by atoms with van der Waals surface area (Å²) in [4.78, 5) is 12.3. The fourth-order valence-electron chi connectivity index (χ4n) is 4.90. The summed E-state index contributed by atoms with van der Waals surface area (Å²) in [5.41, 5.74) is 11.9. The van der Waals surface area contributed by atoms with Gasteiger partial charge in [-0.3, -0.25) is 4.79 Å². The van der Waals surface area contributed by atoms with E-state index in [0.717, 1.165) is 24.5 Å². The quantitative estimate of drug-likeness (QED) is 0.338. The summed E-state index contributed by atoms with van der Waals surface area (Å²) in [6.07, 6.45) is 2.56. The molecule has 2 atom stereocenters. The van der Waals surface area contributed by atoms with Gasteiger partial charge in [0.05, 0.1) is 17.2 Å². The van der Waals surface area contributed by atoms with Gasteiger partial charge in [-0.15, -0.1) is 0 Å². The molecule has 0 radical (unpaired) electrons. The minimum atomic E-state index is -1.07. The van der Waals surface area contributed by atoms with Crippen LogP contribution in [0.2, 0.25) is 5.02 Å². The maximum Gasteiger partial charge on any atom is 0.249 e. The van der Waals surface area contributed by atoms with E-state index < -0.39 is 29.2 Å². The summed E-state index contributed by atoms with van der Waals surface area (Å²) < 4.78 is 42.8. The number of halogens is 3. The van der Waals surface area contributed by atoms with E-state index >= 15 is 8.78 Å². The maximum atomic E-state index is 15.9. The molecule has 0 fully saturated rings. The molecule has 1 amide bonds. The van der Waals surface area contributed by atoms with Crippen LogP contribution in [0.5, 0.6) is 11.5 Å². The topological polar surface area (TPSA) is 108 Å². The van der Waals surface area contributed by atoms with Gasteiger partial charge in [0, 0.05) is 35.2 Å². The number of aliphatic hydroxyl groups excluding tert-OH is 1. The minimum Gasteiger partial charge on any atom is -0.488 e. The first-order chi connectivity index (χ1) is 17.7. The smallest absolute Gasteiger partial charge is 0.249 e. The lowest BCUT2D eigenvalue weighted by Crippen LogP contribution is -2.49. The first kappa shape index (κ1) is 26.9. The molecular formula is C28H29ClF2N2O4. The number of amides is 1. The van der Waals surface area contributed by atoms with Gasteiger partial charge in [0.15, 0.2) is 17.2 Å². The van der Waals surface area contributed by atoms with Gasteiger partial charge >= 0.3 is 0 Å². The van der Waals surface area contributed by atoms with Crippen molar-refractivity contribution in [2.24, 2.45) is 11.5 Å². The van der Waals surface area contributed by atoms with Crippen LogP contribution in [0, 0.1) is 11.6 Å². The van der Waals surface area contributed by atoms with E-state index in [9.17, 15) is 4.79 Å². The number of primary amides is 1. The summed E-state index contributed by atoms with van der Waals surface area (Å²) in [5, 5.41) is 8.73. The Morgan fingerprint density at radius 3 is 2.59 bits per heavy atom. The molecule has 0 aromatic heterocycles. The highest BCUT2D eigenvalue weighted by atomic mass is 35.5. The summed E-state index contributed by atoms with van der Waals surface area (Å²) in [7, 11) is 0. The second kappa shape index (κ2) is 11.0. The summed E-state index contributed by atoms with van der Waals surface area (Å²) in [5.74, 6) is -2.81. The highest BCUT2D eigenvalue weighted by Gasteiger charge is 2.48. The first-order valence-corrected chi connectivity index (χ1v) is 12.5. The molecule has 0 saturated heterocycles. The molecule has 1 heterocycles. The van der Waals surface area contributed by atoms with Gasteiger partial charge < -0.3 is 26.0 Å². The van der Waals surface area contributed by atoms with Crippen LogP contribution in [0.4, 0.5) is 8.78 Å². The van der Waals surface area contributed by atoms with E-state index in [1.165, 1.54) is 12.1 Å². The number of rotatable bonds is 10. The molecule has 4 rings (SSSR count). The first-order valence-electron chi connectivity index (χ1n) is 12.1.